The van der Waals surface area contributed by atoms with E-state index in [9.17, 15) is 4.79 Å². The van der Waals surface area contributed by atoms with E-state index >= 15 is 0 Å². The summed E-state index contributed by atoms with van der Waals surface area (Å²) in [4.78, 5) is 16.2. The zero-order chi connectivity index (χ0) is 14.4. The van der Waals surface area contributed by atoms with Crippen molar-refractivity contribution in [2.24, 2.45) is 5.92 Å². The highest BCUT2D eigenvalue weighted by molar-refractivity contribution is 5.76. The molecule has 1 heterocycles. The van der Waals surface area contributed by atoms with Crippen LogP contribution in [0.2, 0.25) is 0 Å². The second-order valence-corrected chi connectivity index (χ2v) is 5.79. The summed E-state index contributed by atoms with van der Waals surface area (Å²) in [5, 5.41) is 7.04. The Bertz CT molecular complexity index is 431. The standard InChI is InChI=1S/C15H25N3O2/c1-3-6-13-17-15(20-18-13)10-9-14(19)16-12-8-5-4-7-11(12)2/h11-12H,3-10H2,1-2H3,(H,16,19)/t11-,12-/m0/s1. The molecular weight excluding hydrogens is 254 g/mol. The van der Waals surface area contributed by atoms with Gasteiger partial charge in [0.25, 0.3) is 0 Å². The van der Waals surface area contributed by atoms with Crippen molar-refractivity contribution < 1.29 is 9.32 Å². The lowest BCUT2D eigenvalue weighted by molar-refractivity contribution is -0.122. The fourth-order valence-corrected chi connectivity index (χ4v) is 2.75. The van der Waals surface area contributed by atoms with Crippen molar-refractivity contribution in [3.8, 4) is 0 Å². The fraction of sp³-hybridized carbons (Fsp3) is 0.800. The highest BCUT2D eigenvalue weighted by Gasteiger charge is 2.22. The maximum absolute atomic E-state index is 12.0. The number of nitrogens with one attached hydrogen (secondary N) is 1. The minimum Gasteiger partial charge on any atom is -0.353 e. The summed E-state index contributed by atoms with van der Waals surface area (Å²) in [7, 11) is 0. The van der Waals surface area contributed by atoms with Gasteiger partial charge in [0.05, 0.1) is 0 Å². The van der Waals surface area contributed by atoms with Gasteiger partial charge in [0.2, 0.25) is 11.8 Å². The highest BCUT2D eigenvalue weighted by atomic mass is 16.5. The summed E-state index contributed by atoms with van der Waals surface area (Å²) in [6.45, 7) is 4.30. The number of hydrogen-bond donors (Lipinski definition) is 1. The topological polar surface area (TPSA) is 68.0 Å². The Morgan fingerprint density at radius 3 is 2.90 bits per heavy atom. The Labute approximate surface area is 120 Å². The molecule has 0 radical (unpaired) electrons. The lowest BCUT2D eigenvalue weighted by Gasteiger charge is -2.29. The quantitative estimate of drug-likeness (QED) is 0.869. The van der Waals surface area contributed by atoms with E-state index < -0.39 is 0 Å². The zero-order valence-electron chi connectivity index (χ0n) is 12.5. The van der Waals surface area contributed by atoms with Gasteiger partial charge in [-0.15, -0.1) is 0 Å². The molecule has 0 aromatic carbocycles. The Balaban J connectivity index is 1.73. The molecule has 1 N–H and O–H groups in total. The van der Waals surface area contributed by atoms with Crippen molar-refractivity contribution in [1.82, 2.24) is 15.5 Å². The van der Waals surface area contributed by atoms with E-state index in [4.69, 9.17) is 4.52 Å². The van der Waals surface area contributed by atoms with Gasteiger partial charge in [-0.2, -0.15) is 4.98 Å². The number of aryl methyl sites for hydroxylation is 2. The van der Waals surface area contributed by atoms with Crippen LogP contribution in [0.15, 0.2) is 4.52 Å². The lowest BCUT2D eigenvalue weighted by Crippen LogP contribution is -2.41. The average molecular weight is 279 g/mol. The van der Waals surface area contributed by atoms with Crippen molar-refractivity contribution in [3.63, 3.8) is 0 Å². The van der Waals surface area contributed by atoms with Crippen molar-refractivity contribution in [2.45, 2.75) is 71.3 Å². The van der Waals surface area contributed by atoms with Crippen molar-refractivity contribution >= 4 is 5.91 Å². The predicted molar refractivity (Wildman–Crippen MR) is 76.2 cm³/mol. The van der Waals surface area contributed by atoms with Crippen LogP contribution in [0.1, 0.15) is 64.1 Å². The first-order valence-corrected chi connectivity index (χ1v) is 7.80. The maximum Gasteiger partial charge on any atom is 0.227 e. The first-order valence-electron chi connectivity index (χ1n) is 7.80. The van der Waals surface area contributed by atoms with E-state index in [2.05, 4.69) is 29.3 Å². The molecule has 0 aliphatic heterocycles. The summed E-state index contributed by atoms with van der Waals surface area (Å²) in [5.74, 6) is 2.00. The van der Waals surface area contributed by atoms with Crippen molar-refractivity contribution in [1.29, 1.82) is 0 Å². The molecule has 0 spiro atoms. The Morgan fingerprint density at radius 1 is 1.35 bits per heavy atom. The molecule has 0 unspecified atom stereocenters. The van der Waals surface area contributed by atoms with E-state index in [1.807, 2.05) is 0 Å². The smallest absolute Gasteiger partial charge is 0.227 e. The summed E-state index contributed by atoms with van der Waals surface area (Å²) in [6.07, 6.45) is 7.62. The Kier molecular flexibility index (Phi) is 5.56. The highest BCUT2D eigenvalue weighted by Crippen LogP contribution is 2.23. The van der Waals surface area contributed by atoms with Gasteiger partial charge in [-0.1, -0.05) is 31.8 Å². The molecule has 5 heteroatoms. The van der Waals surface area contributed by atoms with Crippen LogP contribution in [0.3, 0.4) is 0 Å². The molecule has 1 aromatic rings. The molecule has 5 nitrogen and oxygen atoms in total. The summed E-state index contributed by atoms with van der Waals surface area (Å²) < 4.78 is 5.14. The third-order valence-electron chi connectivity index (χ3n) is 4.01. The molecule has 0 saturated heterocycles. The normalized spacial score (nSPS) is 22.7. The van der Waals surface area contributed by atoms with E-state index in [1.165, 1.54) is 19.3 Å². The summed E-state index contributed by atoms with van der Waals surface area (Å²) in [6, 6.07) is 0.342. The molecule has 1 aliphatic rings. The molecule has 112 valence electrons. The molecule has 1 aliphatic carbocycles. The van der Waals surface area contributed by atoms with Gasteiger partial charge in [-0.05, 0) is 25.2 Å². The second-order valence-electron chi connectivity index (χ2n) is 5.79. The first-order chi connectivity index (χ1) is 9.69. The third kappa shape index (κ3) is 4.32. The zero-order valence-corrected chi connectivity index (χ0v) is 12.5. The van der Waals surface area contributed by atoms with Crippen LogP contribution < -0.4 is 5.32 Å². The molecule has 1 amide bonds. The van der Waals surface area contributed by atoms with Crippen molar-refractivity contribution in [3.05, 3.63) is 11.7 Å². The van der Waals surface area contributed by atoms with Crippen LogP contribution in [0.25, 0.3) is 0 Å². The minimum atomic E-state index is 0.0963. The molecule has 1 fully saturated rings. The fourth-order valence-electron chi connectivity index (χ4n) is 2.75. The molecule has 2 atom stereocenters. The largest absolute Gasteiger partial charge is 0.353 e. The van der Waals surface area contributed by atoms with Crippen molar-refractivity contribution in [2.75, 3.05) is 0 Å². The van der Waals surface area contributed by atoms with Gasteiger partial charge in [0.1, 0.15) is 0 Å². The van der Waals surface area contributed by atoms with Crippen LogP contribution in [0, 0.1) is 5.92 Å². The number of aromatic nitrogens is 2. The van der Waals surface area contributed by atoms with E-state index in [0.29, 0.717) is 30.7 Å². The van der Waals surface area contributed by atoms with Crippen LogP contribution >= 0.6 is 0 Å². The van der Waals surface area contributed by atoms with Crippen LogP contribution in [0.5, 0.6) is 0 Å². The van der Waals surface area contributed by atoms with E-state index in [-0.39, 0.29) is 5.91 Å². The monoisotopic (exact) mass is 279 g/mol. The molecule has 0 bridgehead atoms. The molecule has 20 heavy (non-hydrogen) atoms. The number of hydrogen-bond acceptors (Lipinski definition) is 4. The first kappa shape index (κ1) is 15.0. The van der Waals surface area contributed by atoms with Gasteiger partial charge >= 0.3 is 0 Å². The van der Waals surface area contributed by atoms with Gasteiger partial charge in [0.15, 0.2) is 5.82 Å². The van der Waals surface area contributed by atoms with E-state index in [1.54, 1.807) is 0 Å². The van der Waals surface area contributed by atoms with Gasteiger partial charge in [-0.3, -0.25) is 4.79 Å². The molecule has 1 saturated carbocycles. The van der Waals surface area contributed by atoms with Crippen LogP contribution in [-0.2, 0) is 17.6 Å². The van der Waals surface area contributed by atoms with Gasteiger partial charge < -0.3 is 9.84 Å². The molecule has 1 aromatic heterocycles. The van der Waals surface area contributed by atoms with Gasteiger partial charge in [-0.25, -0.2) is 0 Å². The number of nitrogens with zero attached hydrogens (tertiary/aromatic N) is 2. The van der Waals surface area contributed by atoms with Crippen LogP contribution in [0.4, 0.5) is 0 Å². The SMILES string of the molecule is CCCc1noc(CCC(=O)N[C@H]2CCCC[C@@H]2C)n1. The van der Waals surface area contributed by atoms with Gasteiger partial charge in [0, 0.05) is 25.3 Å². The number of carbonyl (C=O) groups is 1. The Morgan fingerprint density at radius 2 is 2.15 bits per heavy atom. The second kappa shape index (κ2) is 7.41. The minimum absolute atomic E-state index is 0.0963. The molecule has 2 rings (SSSR count). The summed E-state index contributed by atoms with van der Waals surface area (Å²) >= 11 is 0. The maximum atomic E-state index is 12.0. The number of carbonyl (C=O) groups excluding carboxylic acids is 1. The van der Waals surface area contributed by atoms with E-state index in [0.717, 1.165) is 25.1 Å². The average Bonchev–Trinajstić information content (AvgIpc) is 2.87. The summed E-state index contributed by atoms with van der Waals surface area (Å²) in [5.41, 5.74) is 0. The predicted octanol–water partition coefficient (Wildman–Crippen LogP) is 2.65. The third-order valence-corrected chi connectivity index (χ3v) is 4.01. The number of rotatable bonds is 6. The molecular formula is C15H25N3O2. The lowest BCUT2D eigenvalue weighted by atomic mass is 9.86. The number of amides is 1. The van der Waals surface area contributed by atoms with Crippen LogP contribution in [-0.4, -0.2) is 22.1 Å². The Hall–Kier alpha value is -1.39.